The molecule has 5 heteroatoms. The minimum absolute atomic E-state index is 0.148. The summed E-state index contributed by atoms with van der Waals surface area (Å²) in [5, 5.41) is 9.13. The van der Waals surface area contributed by atoms with Gasteiger partial charge in [-0.15, -0.1) is 0 Å². The maximum Gasteiger partial charge on any atom is 0.312 e. The molecule has 1 aromatic rings. The highest BCUT2D eigenvalue weighted by Crippen LogP contribution is 2.37. The fraction of sp³-hybridized carbons (Fsp3) is 0.529. The number of carboxylic acids is 1. The van der Waals surface area contributed by atoms with E-state index in [0.29, 0.717) is 25.9 Å². The number of aliphatic carboxylic acids is 1. The molecule has 1 heterocycles. The Kier molecular flexibility index (Phi) is 5.55. The third kappa shape index (κ3) is 4.07. The molecule has 1 N–H and O–H groups in total. The van der Waals surface area contributed by atoms with E-state index in [1.165, 1.54) is 5.56 Å². The quantitative estimate of drug-likeness (QED) is 0.817. The first kappa shape index (κ1) is 16.5. The van der Waals surface area contributed by atoms with Gasteiger partial charge in [-0.2, -0.15) is 0 Å². The van der Waals surface area contributed by atoms with E-state index in [1.807, 2.05) is 18.2 Å². The van der Waals surface area contributed by atoms with Gasteiger partial charge >= 0.3 is 11.9 Å². The Hall–Kier alpha value is -1.88. The monoisotopic (exact) mass is 305 g/mol. The van der Waals surface area contributed by atoms with Gasteiger partial charge in [0.05, 0.1) is 18.4 Å². The Morgan fingerprint density at radius 3 is 2.41 bits per heavy atom. The molecule has 0 saturated carbocycles. The molecule has 1 fully saturated rings. The fourth-order valence-corrected chi connectivity index (χ4v) is 3.01. The molecule has 1 saturated heterocycles. The number of nitrogens with zero attached hydrogens (tertiary/aromatic N) is 1. The maximum absolute atomic E-state index is 12.2. The van der Waals surface area contributed by atoms with Crippen LogP contribution in [0, 0.1) is 5.41 Å². The summed E-state index contributed by atoms with van der Waals surface area (Å²) in [7, 11) is 0. The van der Waals surface area contributed by atoms with Gasteiger partial charge in [-0.3, -0.25) is 14.5 Å². The number of piperidine rings is 1. The maximum atomic E-state index is 12.2. The molecule has 1 aliphatic heterocycles. The summed E-state index contributed by atoms with van der Waals surface area (Å²) in [5.41, 5.74) is 0.360. The first-order valence-electron chi connectivity index (χ1n) is 7.71. The average Bonchev–Trinajstić information content (AvgIpc) is 2.50. The Morgan fingerprint density at radius 2 is 1.86 bits per heavy atom. The number of rotatable bonds is 6. The number of hydrogen-bond acceptors (Lipinski definition) is 4. The number of carboxylic acid groups (broad SMARTS) is 1. The van der Waals surface area contributed by atoms with E-state index in [9.17, 15) is 9.59 Å². The van der Waals surface area contributed by atoms with Gasteiger partial charge in [0, 0.05) is 6.54 Å². The molecule has 0 radical (unpaired) electrons. The molecule has 0 unspecified atom stereocenters. The van der Waals surface area contributed by atoms with Crippen molar-refractivity contribution in [1.82, 2.24) is 4.90 Å². The second-order valence-electron chi connectivity index (χ2n) is 5.83. The molecule has 22 heavy (non-hydrogen) atoms. The molecule has 5 nitrogen and oxygen atoms in total. The standard InChI is InChI=1S/C17H23NO4/c1-2-22-16(21)17(12-15(19)20)8-10-18(11-9-17)13-14-6-4-3-5-7-14/h3-7H,2,8-13H2,1H3,(H,19,20). The molecule has 0 spiro atoms. The van der Waals surface area contributed by atoms with Crippen molar-refractivity contribution in [2.45, 2.75) is 32.7 Å². The Bertz CT molecular complexity index is 507. The van der Waals surface area contributed by atoms with Crippen LogP contribution in [0.25, 0.3) is 0 Å². The lowest BCUT2D eigenvalue weighted by Gasteiger charge is -2.39. The topological polar surface area (TPSA) is 66.8 Å². The van der Waals surface area contributed by atoms with Crippen molar-refractivity contribution < 1.29 is 19.4 Å². The van der Waals surface area contributed by atoms with Crippen LogP contribution in [0.3, 0.4) is 0 Å². The predicted molar refractivity (Wildman–Crippen MR) is 82.3 cm³/mol. The number of carbonyl (C=O) groups is 2. The van der Waals surface area contributed by atoms with Gasteiger partial charge in [0.25, 0.3) is 0 Å². The van der Waals surface area contributed by atoms with Crippen LogP contribution in [-0.2, 0) is 20.9 Å². The minimum Gasteiger partial charge on any atom is -0.481 e. The first-order chi connectivity index (χ1) is 10.6. The van der Waals surface area contributed by atoms with Crippen molar-refractivity contribution >= 4 is 11.9 Å². The van der Waals surface area contributed by atoms with Crippen molar-refractivity contribution in [2.75, 3.05) is 19.7 Å². The van der Waals surface area contributed by atoms with E-state index in [0.717, 1.165) is 6.54 Å². The highest BCUT2D eigenvalue weighted by Gasteiger charge is 2.44. The number of carbonyl (C=O) groups excluding carboxylic acids is 1. The van der Waals surface area contributed by atoms with Crippen LogP contribution >= 0.6 is 0 Å². The third-order valence-corrected chi connectivity index (χ3v) is 4.26. The van der Waals surface area contributed by atoms with E-state index >= 15 is 0 Å². The summed E-state index contributed by atoms with van der Waals surface area (Å²) in [6, 6.07) is 10.1. The highest BCUT2D eigenvalue weighted by atomic mass is 16.5. The SMILES string of the molecule is CCOC(=O)C1(CC(=O)O)CCN(Cc2ccccc2)CC1. The normalized spacial score (nSPS) is 17.9. The molecular formula is C17H23NO4. The van der Waals surface area contributed by atoms with Crippen LogP contribution in [0.2, 0.25) is 0 Å². The van der Waals surface area contributed by atoms with Crippen LogP contribution in [0.4, 0.5) is 0 Å². The second kappa shape index (κ2) is 7.40. The summed E-state index contributed by atoms with van der Waals surface area (Å²) in [6.45, 7) is 4.28. The predicted octanol–water partition coefficient (Wildman–Crippen LogP) is 2.31. The Balaban J connectivity index is 1.99. The van der Waals surface area contributed by atoms with E-state index < -0.39 is 11.4 Å². The summed E-state index contributed by atoms with van der Waals surface area (Å²) in [5.74, 6) is -1.30. The second-order valence-corrected chi connectivity index (χ2v) is 5.83. The minimum atomic E-state index is -0.940. The van der Waals surface area contributed by atoms with E-state index in [1.54, 1.807) is 6.92 Å². The van der Waals surface area contributed by atoms with Gasteiger partial charge in [0.15, 0.2) is 0 Å². The highest BCUT2D eigenvalue weighted by molar-refractivity contribution is 5.83. The van der Waals surface area contributed by atoms with Crippen LogP contribution in [0.15, 0.2) is 30.3 Å². The van der Waals surface area contributed by atoms with Gasteiger partial charge in [-0.1, -0.05) is 30.3 Å². The van der Waals surface area contributed by atoms with E-state index in [4.69, 9.17) is 9.84 Å². The zero-order valence-corrected chi connectivity index (χ0v) is 13.0. The molecule has 1 aromatic carbocycles. The number of hydrogen-bond donors (Lipinski definition) is 1. The van der Waals surface area contributed by atoms with Crippen LogP contribution in [0.5, 0.6) is 0 Å². The lowest BCUT2D eigenvalue weighted by molar-refractivity contribution is -0.164. The van der Waals surface area contributed by atoms with E-state index in [-0.39, 0.29) is 19.0 Å². The molecule has 0 aromatic heterocycles. The van der Waals surface area contributed by atoms with Crippen LogP contribution in [0.1, 0.15) is 31.7 Å². The molecule has 1 aliphatic rings. The lowest BCUT2D eigenvalue weighted by Crippen LogP contribution is -2.46. The van der Waals surface area contributed by atoms with Crippen molar-refractivity contribution in [3.05, 3.63) is 35.9 Å². The molecule has 0 atom stereocenters. The smallest absolute Gasteiger partial charge is 0.312 e. The van der Waals surface area contributed by atoms with Crippen LogP contribution in [-0.4, -0.2) is 41.6 Å². The van der Waals surface area contributed by atoms with Crippen LogP contribution < -0.4 is 0 Å². The molecule has 2 rings (SSSR count). The van der Waals surface area contributed by atoms with E-state index in [2.05, 4.69) is 17.0 Å². The van der Waals surface area contributed by atoms with Gasteiger partial charge in [0.1, 0.15) is 0 Å². The third-order valence-electron chi connectivity index (χ3n) is 4.26. The van der Waals surface area contributed by atoms with Gasteiger partial charge < -0.3 is 9.84 Å². The van der Waals surface area contributed by atoms with Gasteiger partial charge in [-0.05, 0) is 38.4 Å². The first-order valence-corrected chi connectivity index (χ1v) is 7.71. The molecule has 120 valence electrons. The molecular weight excluding hydrogens is 282 g/mol. The fourth-order valence-electron chi connectivity index (χ4n) is 3.01. The largest absolute Gasteiger partial charge is 0.481 e. The Labute approximate surface area is 130 Å². The summed E-state index contributed by atoms with van der Waals surface area (Å²) in [6.07, 6.45) is 0.918. The lowest BCUT2D eigenvalue weighted by atomic mass is 9.75. The van der Waals surface area contributed by atoms with Gasteiger partial charge in [-0.25, -0.2) is 0 Å². The number of likely N-dealkylation sites (tertiary alicyclic amines) is 1. The summed E-state index contributed by atoms with van der Waals surface area (Å²) >= 11 is 0. The molecule has 0 bridgehead atoms. The van der Waals surface area contributed by atoms with Crippen molar-refractivity contribution in [3.8, 4) is 0 Å². The van der Waals surface area contributed by atoms with Crippen molar-refractivity contribution in [2.24, 2.45) is 5.41 Å². The summed E-state index contributed by atoms with van der Waals surface area (Å²) < 4.78 is 5.12. The summed E-state index contributed by atoms with van der Waals surface area (Å²) in [4.78, 5) is 25.6. The average molecular weight is 305 g/mol. The van der Waals surface area contributed by atoms with Crippen molar-refractivity contribution in [3.63, 3.8) is 0 Å². The zero-order valence-electron chi connectivity index (χ0n) is 13.0. The molecule has 0 amide bonds. The number of ether oxygens (including phenoxy) is 1. The zero-order chi connectivity index (χ0) is 16.0. The Morgan fingerprint density at radius 1 is 1.23 bits per heavy atom. The van der Waals surface area contributed by atoms with Crippen molar-refractivity contribution in [1.29, 1.82) is 0 Å². The number of benzene rings is 1. The van der Waals surface area contributed by atoms with Gasteiger partial charge in [0.2, 0.25) is 0 Å². The molecule has 0 aliphatic carbocycles. The number of esters is 1.